The van der Waals surface area contributed by atoms with Crippen LogP contribution in [0.1, 0.15) is 17.3 Å². The normalized spacial score (nSPS) is 17.1. The van der Waals surface area contributed by atoms with Crippen LogP contribution in [-0.2, 0) is 0 Å². The summed E-state index contributed by atoms with van der Waals surface area (Å²) in [6.45, 7) is 2.62. The summed E-state index contributed by atoms with van der Waals surface area (Å²) >= 11 is 12.0. The van der Waals surface area contributed by atoms with Crippen LogP contribution in [0, 0.1) is 5.92 Å². The van der Waals surface area contributed by atoms with Crippen LogP contribution in [0.25, 0.3) is 0 Å². The van der Waals surface area contributed by atoms with E-state index in [2.05, 4.69) is 20.4 Å². The first-order valence-corrected chi connectivity index (χ1v) is 7.67. The molecule has 1 aliphatic heterocycles. The molecule has 0 radical (unpaired) electrons. The number of anilines is 1. The summed E-state index contributed by atoms with van der Waals surface area (Å²) in [4.78, 5) is 19.8. The van der Waals surface area contributed by atoms with Gasteiger partial charge < -0.3 is 5.32 Å². The third-order valence-electron chi connectivity index (χ3n) is 3.41. The van der Waals surface area contributed by atoms with E-state index in [1.165, 1.54) is 18.7 Å². The van der Waals surface area contributed by atoms with Crippen LogP contribution < -0.4 is 10.3 Å². The van der Waals surface area contributed by atoms with Crippen LogP contribution in [0.5, 0.6) is 0 Å². The van der Waals surface area contributed by atoms with Crippen LogP contribution in [0.2, 0.25) is 10.0 Å². The lowest BCUT2D eigenvalue weighted by atomic mass is 10.1. The number of hydrazone groups is 1. The molecular formula is C15H13Cl2N5O. The Balaban J connectivity index is 1.77. The molecule has 0 bridgehead atoms. The van der Waals surface area contributed by atoms with Crippen LogP contribution in [0.3, 0.4) is 0 Å². The molecule has 118 valence electrons. The number of benzene rings is 1. The minimum Gasteiger partial charge on any atom is -0.308 e. The van der Waals surface area contributed by atoms with Gasteiger partial charge in [-0.3, -0.25) is 9.80 Å². The standard InChI is InChI=1S/C15H13Cl2N5O/c1-9-7-22(11-2-3-12(16)13(17)4-11)21-14(9)20-15(23)10-5-18-8-19-6-10/h2-6,8-9H,7H2,1H3,(H,20,21,23)/t9-/m0/s1. The van der Waals surface area contributed by atoms with E-state index in [9.17, 15) is 4.79 Å². The number of rotatable bonds is 2. The Labute approximate surface area is 143 Å². The summed E-state index contributed by atoms with van der Waals surface area (Å²) in [6, 6.07) is 5.30. The zero-order valence-corrected chi connectivity index (χ0v) is 13.7. The monoisotopic (exact) mass is 349 g/mol. The average Bonchev–Trinajstić information content (AvgIpc) is 2.92. The smallest absolute Gasteiger partial charge is 0.259 e. The molecule has 0 aliphatic carbocycles. The third-order valence-corrected chi connectivity index (χ3v) is 4.15. The molecule has 0 saturated carbocycles. The predicted octanol–water partition coefficient (Wildman–Crippen LogP) is 2.98. The molecule has 2 heterocycles. The molecule has 1 amide bonds. The zero-order valence-electron chi connectivity index (χ0n) is 12.2. The molecule has 23 heavy (non-hydrogen) atoms. The second kappa shape index (κ2) is 6.52. The van der Waals surface area contributed by atoms with E-state index in [0.717, 1.165) is 5.69 Å². The van der Waals surface area contributed by atoms with Gasteiger partial charge in [-0.15, -0.1) is 0 Å². The molecule has 1 aromatic carbocycles. The topological polar surface area (TPSA) is 70.5 Å². The highest BCUT2D eigenvalue weighted by Gasteiger charge is 2.26. The minimum absolute atomic E-state index is 0.0676. The van der Waals surface area contributed by atoms with E-state index in [-0.39, 0.29) is 11.8 Å². The van der Waals surface area contributed by atoms with Crippen molar-refractivity contribution in [3.63, 3.8) is 0 Å². The maximum atomic E-state index is 12.2. The summed E-state index contributed by atoms with van der Waals surface area (Å²) < 4.78 is 0. The molecule has 1 aromatic heterocycles. The van der Waals surface area contributed by atoms with E-state index < -0.39 is 0 Å². The van der Waals surface area contributed by atoms with Crippen LogP contribution in [0.15, 0.2) is 42.0 Å². The number of amides is 1. The molecule has 8 heteroatoms. The van der Waals surface area contributed by atoms with Crippen molar-refractivity contribution in [1.29, 1.82) is 0 Å². The third kappa shape index (κ3) is 3.43. The largest absolute Gasteiger partial charge is 0.308 e. The second-order valence-corrected chi connectivity index (χ2v) is 5.96. The highest BCUT2D eigenvalue weighted by Crippen LogP contribution is 2.29. The van der Waals surface area contributed by atoms with Gasteiger partial charge in [0.05, 0.1) is 27.8 Å². The van der Waals surface area contributed by atoms with E-state index >= 15 is 0 Å². The summed E-state index contributed by atoms with van der Waals surface area (Å²) in [7, 11) is 0. The van der Waals surface area contributed by atoms with Gasteiger partial charge in [-0.05, 0) is 18.2 Å². The fourth-order valence-electron chi connectivity index (χ4n) is 2.18. The Hall–Kier alpha value is -2.18. The number of nitrogens with one attached hydrogen (secondary N) is 1. The van der Waals surface area contributed by atoms with Crippen molar-refractivity contribution >= 4 is 40.6 Å². The number of carbonyl (C=O) groups is 1. The second-order valence-electron chi connectivity index (χ2n) is 5.15. The van der Waals surface area contributed by atoms with Crippen molar-refractivity contribution in [1.82, 2.24) is 15.3 Å². The number of aromatic nitrogens is 2. The quantitative estimate of drug-likeness (QED) is 0.904. The SMILES string of the molecule is C[C@H]1CN(c2ccc(Cl)c(Cl)c2)N=C1NC(=O)c1cncnc1. The number of carbonyl (C=O) groups excluding carboxylic acids is 1. The fraction of sp³-hybridized carbons (Fsp3) is 0.200. The molecule has 0 spiro atoms. The van der Waals surface area contributed by atoms with Gasteiger partial charge in [0, 0.05) is 18.3 Å². The van der Waals surface area contributed by atoms with Crippen LogP contribution >= 0.6 is 23.2 Å². The van der Waals surface area contributed by atoms with Crippen molar-refractivity contribution in [2.75, 3.05) is 11.6 Å². The molecule has 0 unspecified atom stereocenters. The Morgan fingerprint density at radius 3 is 2.70 bits per heavy atom. The Morgan fingerprint density at radius 2 is 2.00 bits per heavy atom. The predicted molar refractivity (Wildman–Crippen MR) is 89.9 cm³/mol. The highest BCUT2D eigenvalue weighted by molar-refractivity contribution is 6.42. The van der Waals surface area contributed by atoms with Crippen molar-refractivity contribution < 1.29 is 4.79 Å². The number of nitrogens with zero attached hydrogens (tertiary/aromatic N) is 4. The van der Waals surface area contributed by atoms with Gasteiger partial charge in [0.15, 0.2) is 0 Å². The van der Waals surface area contributed by atoms with Gasteiger partial charge in [-0.25, -0.2) is 9.97 Å². The number of amidine groups is 1. The van der Waals surface area contributed by atoms with E-state index in [0.29, 0.717) is 28.0 Å². The molecule has 1 atom stereocenters. The fourth-order valence-corrected chi connectivity index (χ4v) is 2.47. The lowest BCUT2D eigenvalue weighted by Gasteiger charge is -2.14. The van der Waals surface area contributed by atoms with Gasteiger partial charge >= 0.3 is 0 Å². The molecule has 1 aliphatic rings. The summed E-state index contributed by atoms with van der Waals surface area (Å²) in [5.74, 6) is 0.371. The maximum Gasteiger partial charge on any atom is 0.259 e. The Kier molecular flexibility index (Phi) is 4.45. The molecule has 0 fully saturated rings. The van der Waals surface area contributed by atoms with Crippen molar-refractivity contribution in [3.05, 3.63) is 52.5 Å². The van der Waals surface area contributed by atoms with Gasteiger partial charge in [0.2, 0.25) is 0 Å². The minimum atomic E-state index is -0.285. The first kappa shape index (κ1) is 15.7. The first-order chi connectivity index (χ1) is 11.0. The van der Waals surface area contributed by atoms with Crippen molar-refractivity contribution in [2.45, 2.75) is 6.92 Å². The average molecular weight is 350 g/mol. The van der Waals surface area contributed by atoms with Crippen molar-refractivity contribution in [2.24, 2.45) is 11.0 Å². The van der Waals surface area contributed by atoms with E-state index in [1.54, 1.807) is 17.1 Å². The van der Waals surface area contributed by atoms with Crippen LogP contribution in [-0.4, -0.2) is 28.3 Å². The molecule has 0 saturated heterocycles. The Morgan fingerprint density at radius 1 is 1.26 bits per heavy atom. The zero-order chi connectivity index (χ0) is 16.4. The highest BCUT2D eigenvalue weighted by atomic mass is 35.5. The molecule has 3 rings (SSSR count). The number of halogens is 2. The maximum absolute atomic E-state index is 12.2. The molecule has 6 nitrogen and oxygen atoms in total. The molecular weight excluding hydrogens is 337 g/mol. The summed E-state index contributed by atoms with van der Waals surface area (Å²) in [5.41, 5.74) is 1.20. The first-order valence-electron chi connectivity index (χ1n) is 6.92. The van der Waals surface area contributed by atoms with Crippen LogP contribution in [0.4, 0.5) is 5.69 Å². The lowest BCUT2D eigenvalue weighted by molar-refractivity contribution is 0.0975. The number of hydrogen-bond donors (Lipinski definition) is 1. The summed E-state index contributed by atoms with van der Waals surface area (Å²) in [6.07, 6.45) is 4.29. The number of hydrogen-bond acceptors (Lipinski definition) is 5. The van der Waals surface area contributed by atoms with Gasteiger partial charge in [-0.1, -0.05) is 30.1 Å². The van der Waals surface area contributed by atoms with E-state index in [4.69, 9.17) is 23.2 Å². The Bertz CT molecular complexity index is 766. The van der Waals surface area contributed by atoms with Gasteiger partial charge in [0.25, 0.3) is 5.91 Å². The lowest BCUT2D eigenvalue weighted by Crippen LogP contribution is -2.33. The molecule has 1 N–H and O–H groups in total. The van der Waals surface area contributed by atoms with Gasteiger partial charge in [-0.2, -0.15) is 5.10 Å². The molecule has 2 aromatic rings. The summed E-state index contributed by atoms with van der Waals surface area (Å²) in [5, 5.41) is 9.99. The van der Waals surface area contributed by atoms with E-state index in [1.807, 2.05) is 13.0 Å². The van der Waals surface area contributed by atoms with Crippen molar-refractivity contribution in [3.8, 4) is 0 Å². The van der Waals surface area contributed by atoms with Gasteiger partial charge in [0.1, 0.15) is 12.2 Å².